The number of hydrogen-bond donors (Lipinski definition) is 0. The van der Waals surface area contributed by atoms with Gasteiger partial charge in [-0.25, -0.2) is 0 Å². The second-order valence-electron chi connectivity index (χ2n) is 0.936. The summed E-state index contributed by atoms with van der Waals surface area (Å²) in [6.45, 7) is 0. The van der Waals surface area contributed by atoms with Crippen molar-refractivity contribution in [1.29, 1.82) is 0 Å². The Hall–Kier alpha value is -0.180. The van der Waals surface area contributed by atoms with Crippen LogP contribution in [0.25, 0.3) is 0 Å². The normalized spacial score (nSPS) is 11.3. The highest BCUT2D eigenvalue weighted by Gasteiger charge is 2.23. The first kappa shape index (κ1) is 6.82. The molecule has 0 aromatic rings. The van der Waals surface area contributed by atoms with E-state index in [-0.39, 0.29) is 0 Å². The van der Waals surface area contributed by atoms with E-state index in [1.165, 1.54) is 0 Å². The molecule has 4 heteroatoms. The van der Waals surface area contributed by atoms with Gasteiger partial charge < -0.3 is 0 Å². The molecule has 0 aromatic carbocycles. The van der Waals surface area contributed by atoms with Crippen molar-refractivity contribution in [2.24, 2.45) is 0 Å². The van der Waals surface area contributed by atoms with Crippen LogP contribution in [-0.4, -0.2) is 11.7 Å². The first-order valence-electron chi connectivity index (χ1n) is 1.48. The molecular formula is C3H2ClF2O. The summed E-state index contributed by atoms with van der Waals surface area (Å²) >= 11 is 4.24. The lowest BCUT2D eigenvalue weighted by molar-refractivity contribution is 0.104. The summed E-state index contributed by atoms with van der Waals surface area (Å²) in [5.41, 5.74) is 0. The molecule has 0 unspecified atom stereocenters. The molecule has 0 aliphatic carbocycles. The highest BCUT2D eigenvalue weighted by molar-refractivity contribution is 6.22. The van der Waals surface area contributed by atoms with Gasteiger partial charge in [-0.2, -0.15) is 8.78 Å². The van der Waals surface area contributed by atoms with Gasteiger partial charge in [0.05, 0.1) is 6.42 Å². The fourth-order valence-corrected chi connectivity index (χ4v) is 0.136. The van der Waals surface area contributed by atoms with Gasteiger partial charge in [-0.15, -0.1) is 0 Å². The summed E-state index contributed by atoms with van der Waals surface area (Å²) < 4.78 is 22.5. The van der Waals surface area contributed by atoms with Gasteiger partial charge in [-0.1, -0.05) is 0 Å². The predicted molar refractivity (Wildman–Crippen MR) is 21.1 cm³/mol. The predicted octanol–water partition coefficient (Wildman–Crippen LogP) is 1.32. The molecular weight excluding hydrogens is 125 g/mol. The van der Waals surface area contributed by atoms with Gasteiger partial charge >= 0.3 is 5.38 Å². The van der Waals surface area contributed by atoms with Crippen LogP contribution in [0.3, 0.4) is 0 Å². The molecule has 0 N–H and O–H groups in total. The molecule has 0 saturated heterocycles. The molecule has 0 aliphatic rings. The minimum Gasteiger partial charge on any atom is -0.291 e. The molecule has 7 heavy (non-hydrogen) atoms. The molecule has 41 valence electrons. The van der Waals surface area contributed by atoms with Crippen LogP contribution in [0.1, 0.15) is 6.42 Å². The average molecular weight is 127 g/mol. The van der Waals surface area contributed by atoms with Crippen molar-refractivity contribution in [3.05, 3.63) is 0 Å². The summed E-state index contributed by atoms with van der Waals surface area (Å²) in [6, 6.07) is 0. The molecule has 0 rings (SSSR count). The zero-order valence-electron chi connectivity index (χ0n) is 3.25. The van der Waals surface area contributed by atoms with E-state index in [0.29, 0.717) is 0 Å². The fraction of sp³-hybridized carbons (Fsp3) is 0.667. The smallest absolute Gasteiger partial charge is 0.291 e. The highest BCUT2D eigenvalue weighted by atomic mass is 35.5. The van der Waals surface area contributed by atoms with E-state index in [9.17, 15) is 8.78 Å². The largest absolute Gasteiger partial charge is 0.329 e. The van der Waals surface area contributed by atoms with Gasteiger partial charge in [0.2, 0.25) is 6.29 Å². The lowest BCUT2D eigenvalue weighted by Crippen LogP contribution is -2.04. The van der Waals surface area contributed by atoms with Gasteiger partial charge in [0.15, 0.2) is 0 Å². The standard InChI is InChI=1S/C3H2ClF2O/c4-3(5,6)1-2-7/h1H2. The van der Waals surface area contributed by atoms with E-state index in [2.05, 4.69) is 11.6 Å². The highest BCUT2D eigenvalue weighted by Crippen LogP contribution is 2.20. The summed E-state index contributed by atoms with van der Waals surface area (Å²) in [5.74, 6) is 0. The maximum atomic E-state index is 11.2. The van der Waals surface area contributed by atoms with Crippen LogP contribution >= 0.6 is 11.6 Å². The lowest BCUT2D eigenvalue weighted by atomic mass is 10.5. The number of alkyl halides is 3. The van der Waals surface area contributed by atoms with Gasteiger partial charge in [-0.05, 0) is 11.6 Å². The monoisotopic (exact) mass is 127 g/mol. The van der Waals surface area contributed by atoms with Crippen LogP contribution in [-0.2, 0) is 4.79 Å². The van der Waals surface area contributed by atoms with Crippen LogP contribution in [0.2, 0.25) is 0 Å². The topological polar surface area (TPSA) is 17.1 Å². The zero-order valence-corrected chi connectivity index (χ0v) is 4.01. The van der Waals surface area contributed by atoms with Crippen molar-refractivity contribution >= 4 is 17.9 Å². The van der Waals surface area contributed by atoms with Crippen molar-refractivity contribution in [1.82, 2.24) is 0 Å². The second-order valence-corrected chi connectivity index (χ2v) is 1.49. The van der Waals surface area contributed by atoms with Gasteiger partial charge in [0.1, 0.15) is 0 Å². The number of halogens is 3. The third kappa shape index (κ3) is 5.82. The molecule has 1 nitrogen and oxygen atoms in total. The average Bonchev–Trinajstić information content (AvgIpc) is 1.30. The summed E-state index contributed by atoms with van der Waals surface area (Å²) in [5, 5.41) is -3.40. The number of rotatable bonds is 2. The van der Waals surface area contributed by atoms with Crippen molar-refractivity contribution in [3.8, 4) is 0 Å². The molecule has 0 heterocycles. The second kappa shape index (κ2) is 2.21. The van der Waals surface area contributed by atoms with E-state index in [4.69, 9.17) is 4.79 Å². The van der Waals surface area contributed by atoms with E-state index in [0.717, 1.165) is 6.29 Å². The van der Waals surface area contributed by atoms with Crippen molar-refractivity contribution in [3.63, 3.8) is 0 Å². The summed E-state index contributed by atoms with van der Waals surface area (Å²) in [4.78, 5) is 9.13. The molecule has 0 fully saturated rings. The number of carbonyl (C=O) groups excluding carboxylic acids is 1. The Morgan fingerprint density at radius 3 is 2.14 bits per heavy atom. The first-order chi connectivity index (χ1) is 3.06. The van der Waals surface area contributed by atoms with Crippen LogP contribution in [0.5, 0.6) is 0 Å². The Morgan fingerprint density at radius 2 is 2.14 bits per heavy atom. The molecule has 0 aliphatic heterocycles. The minimum absolute atomic E-state index is 0.976. The molecule has 0 bridgehead atoms. The van der Waals surface area contributed by atoms with Crippen LogP contribution in [0, 0.1) is 0 Å². The zero-order chi connectivity index (χ0) is 5.91. The van der Waals surface area contributed by atoms with Gasteiger partial charge in [0, 0.05) is 0 Å². The van der Waals surface area contributed by atoms with Crippen LogP contribution in [0.15, 0.2) is 0 Å². The summed E-state index contributed by atoms with van der Waals surface area (Å²) in [6.07, 6.45) is -0.0575. The SMILES string of the molecule is O=[C]CC(F)(F)Cl. The van der Waals surface area contributed by atoms with Crippen LogP contribution < -0.4 is 0 Å². The Kier molecular flexibility index (Phi) is 2.15. The molecule has 0 atom stereocenters. The van der Waals surface area contributed by atoms with Gasteiger partial charge in [0.25, 0.3) is 0 Å². The van der Waals surface area contributed by atoms with Gasteiger partial charge in [-0.3, -0.25) is 4.79 Å². The van der Waals surface area contributed by atoms with E-state index in [1.807, 2.05) is 0 Å². The van der Waals surface area contributed by atoms with Crippen molar-refractivity contribution in [2.45, 2.75) is 11.8 Å². The molecule has 0 amide bonds. The minimum atomic E-state index is -3.40. The summed E-state index contributed by atoms with van der Waals surface area (Å²) in [7, 11) is 0. The lowest BCUT2D eigenvalue weighted by Gasteiger charge is -1.97. The van der Waals surface area contributed by atoms with Crippen LogP contribution in [0.4, 0.5) is 8.78 Å². The maximum Gasteiger partial charge on any atom is 0.329 e. The Morgan fingerprint density at radius 1 is 1.71 bits per heavy atom. The van der Waals surface area contributed by atoms with E-state index in [1.54, 1.807) is 0 Å². The number of hydrogen-bond acceptors (Lipinski definition) is 1. The molecule has 0 spiro atoms. The third-order valence-corrected chi connectivity index (χ3v) is 0.406. The van der Waals surface area contributed by atoms with E-state index >= 15 is 0 Å². The molecule has 0 aromatic heterocycles. The fourth-order valence-electron chi connectivity index (χ4n) is 0.0818. The quantitative estimate of drug-likeness (QED) is 0.512. The van der Waals surface area contributed by atoms with Crippen molar-refractivity contribution in [2.75, 3.05) is 0 Å². The Balaban J connectivity index is 3.34. The van der Waals surface area contributed by atoms with E-state index < -0.39 is 11.8 Å². The Labute approximate surface area is 44.3 Å². The molecule has 0 saturated carbocycles. The third-order valence-electron chi connectivity index (χ3n) is 0.273. The van der Waals surface area contributed by atoms with Crippen molar-refractivity contribution < 1.29 is 13.6 Å². The molecule has 1 radical (unpaired) electrons. The Bertz CT molecular complexity index is 67.8. The maximum absolute atomic E-state index is 11.2. The first-order valence-corrected chi connectivity index (χ1v) is 1.86.